The minimum atomic E-state index is -1.65. The van der Waals surface area contributed by atoms with E-state index in [4.69, 9.17) is 9.46 Å². The lowest BCUT2D eigenvalue weighted by molar-refractivity contribution is -0.310. The van der Waals surface area contributed by atoms with E-state index in [0.717, 1.165) is 12.8 Å². The van der Waals surface area contributed by atoms with E-state index in [1.54, 1.807) is 0 Å². The van der Waals surface area contributed by atoms with E-state index >= 15 is 0 Å². The van der Waals surface area contributed by atoms with Gasteiger partial charge >= 0.3 is 0 Å². The Morgan fingerprint density at radius 2 is 1.53 bits per heavy atom. The van der Waals surface area contributed by atoms with Crippen molar-refractivity contribution in [3.8, 4) is 0 Å². The third-order valence-corrected chi connectivity index (χ3v) is 3.48. The van der Waals surface area contributed by atoms with Gasteiger partial charge in [-0.15, -0.1) is 0 Å². The second kappa shape index (κ2) is 5.80. The van der Waals surface area contributed by atoms with Gasteiger partial charge in [0.1, 0.15) is 5.60 Å². The predicted molar refractivity (Wildman–Crippen MR) is 74.2 cm³/mol. The van der Waals surface area contributed by atoms with Gasteiger partial charge < -0.3 is 0 Å². The SMILES string of the molecule is CCC(CC)(OO[Si](C)(C)C)c1ccccc1. The lowest BCUT2D eigenvalue weighted by atomic mass is 9.89. The molecule has 96 valence electrons. The summed E-state index contributed by atoms with van der Waals surface area (Å²) in [5, 5.41) is 0. The average Bonchev–Trinajstić information content (AvgIpc) is 2.31. The Bertz CT molecular complexity index is 326. The highest BCUT2D eigenvalue weighted by Gasteiger charge is 2.33. The van der Waals surface area contributed by atoms with Crippen LogP contribution in [0.15, 0.2) is 30.3 Å². The quantitative estimate of drug-likeness (QED) is 0.422. The fourth-order valence-corrected chi connectivity index (χ4v) is 2.18. The van der Waals surface area contributed by atoms with Crippen LogP contribution in [-0.2, 0) is 15.1 Å². The van der Waals surface area contributed by atoms with Crippen LogP contribution in [0.4, 0.5) is 0 Å². The third-order valence-electron chi connectivity index (χ3n) is 2.89. The molecule has 0 aliphatic carbocycles. The molecule has 17 heavy (non-hydrogen) atoms. The minimum Gasteiger partial charge on any atom is -0.286 e. The van der Waals surface area contributed by atoms with Crippen LogP contribution in [0.1, 0.15) is 32.3 Å². The molecule has 0 heterocycles. The summed E-state index contributed by atoms with van der Waals surface area (Å²) in [6.45, 7) is 10.7. The van der Waals surface area contributed by atoms with Gasteiger partial charge in [0, 0.05) is 0 Å². The molecular formula is C14H24O2Si. The van der Waals surface area contributed by atoms with Gasteiger partial charge in [0.05, 0.1) is 0 Å². The molecule has 0 unspecified atom stereocenters. The highest BCUT2D eigenvalue weighted by atomic mass is 28.4. The summed E-state index contributed by atoms with van der Waals surface area (Å²) >= 11 is 0. The number of rotatable bonds is 6. The molecule has 0 aliphatic heterocycles. The van der Waals surface area contributed by atoms with Crippen LogP contribution in [0, 0.1) is 0 Å². The molecule has 0 aromatic heterocycles. The average molecular weight is 252 g/mol. The lowest BCUT2D eigenvalue weighted by Gasteiger charge is -2.33. The molecule has 0 radical (unpaired) electrons. The molecule has 0 N–H and O–H groups in total. The molecule has 0 bridgehead atoms. The Labute approximate surface area is 106 Å². The largest absolute Gasteiger partial charge is 0.286 e. The van der Waals surface area contributed by atoms with Crippen LogP contribution >= 0.6 is 0 Å². The van der Waals surface area contributed by atoms with Crippen molar-refractivity contribution in [3.05, 3.63) is 35.9 Å². The summed E-state index contributed by atoms with van der Waals surface area (Å²) in [6.07, 6.45) is 1.83. The molecule has 1 rings (SSSR count). The van der Waals surface area contributed by atoms with Gasteiger partial charge in [-0.25, -0.2) is 4.89 Å². The standard InChI is InChI=1S/C14H24O2Si/c1-6-14(7-2,15-16-17(3,4)5)13-11-9-8-10-12-13/h8-12H,6-7H2,1-5H3. The summed E-state index contributed by atoms with van der Waals surface area (Å²) in [5.41, 5.74) is 0.893. The maximum atomic E-state index is 5.84. The van der Waals surface area contributed by atoms with Crippen molar-refractivity contribution < 1.29 is 9.46 Å². The van der Waals surface area contributed by atoms with Gasteiger partial charge in [0.2, 0.25) is 8.32 Å². The van der Waals surface area contributed by atoms with Crippen molar-refractivity contribution in [2.45, 2.75) is 51.9 Å². The zero-order chi connectivity index (χ0) is 12.9. The zero-order valence-electron chi connectivity index (χ0n) is 11.6. The first kappa shape index (κ1) is 14.4. The van der Waals surface area contributed by atoms with Gasteiger partial charge in [0.25, 0.3) is 0 Å². The Morgan fingerprint density at radius 3 is 1.94 bits per heavy atom. The molecule has 3 heteroatoms. The Balaban J connectivity index is 2.90. The van der Waals surface area contributed by atoms with Crippen LogP contribution < -0.4 is 0 Å². The number of benzene rings is 1. The van der Waals surface area contributed by atoms with Gasteiger partial charge in [-0.3, -0.25) is 4.58 Å². The van der Waals surface area contributed by atoms with Crippen LogP contribution in [0.25, 0.3) is 0 Å². The Hall–Kier alpha value is -0.643. The van der Waals surface area contributed by atoms with Crippen molar-refractivity contribution in [1.82, 2.24) is 0 Å². The molecule has 2 nitrogen and oxygen atoms in total. The van der Waals surface area contributed by atoms with Crippen LogP contribution in [0.3, 0.4) is 0 Å². The first-order valence-corrected chi connectivity index (χ1v) is 9.77. The number of hydrogen-bond acceptors (Lipinski definition) is 2. The fraction of sp³-hybridized carbons (Fsp3) is 0.571. The maximum absolute atomic E-state index is 5.84. The molecule has 0 saturated carbocycles. The summed E-state index contributed by atoms with van der Waals surface area (Å²) in [5.74, 6) is 0. The summed E-state index contributed by atoms with van der Waals surface area (Å²) in [4.78, 5) is 5.84. The van der Waals surface area contributed by atoms with Gasteiger partial charge in [-0.05, 0) is 38.0 Å². The summed E-state index contributed by atoms with van der Waals surface area (Å²) < 4.78 is 5.67. The number of hydrogen-bond donors (Lipinski definition) is 0. The molecular weight excluding hydrogens is 228 g/mol. The van der Waals surface area contributed by atoms with Crippen molar-refractivity contribution in [2.75, 3.05) is 0 Å². The lowest BCUT2D eigenvalue weighted by Crippen LogP contribution is -2.35. The van der Waals surface area contributed by atoms with Crippen molar-refractivity contribution in [3.63, 3.8) is 0 Å². The third kappa shape index (κ3) is 3.94. The molecule has 1 aromatic rings. The predicted octanol–water partition coefficient (Wildman–Crippen LogP) is 4.49. The van der Waals surface area contributed by atoms with Crippen molar-refractivity contribution in [2.24, 2.45) is 0 Å². The van der Waals surface area contributed by atoms with Gasteiger partial charge in [-0.1, -0.05) is 44.2 Å². The van der Waals surface area contributed by atoms with Crippen LogP contribution in [0.5, 0.6) is 0 Å². The van der Waals surface area contributed by atoms with Crippen molar-refractivity contribution in [1.29, 1.82) is 0 Å². The van der Waals surface area contributed by atoms with E-state index < -0.39 is 8.32 Å². The molecule has 1 aromatic carbocycles. The van der Waals surface area contributed by atoms with Gasteiger partial charge in [0.15, 0.2) is 0 Å². The van der Waals surface area contributed by atoms with Crippen LogP contribution in [0.2, 0.25) is 19.6 Å². The topological polar surface area (TPSA) is 18.5 Å². The molecule has 0 aliphatic rings. The first-order valence-electron chi connectivity index (χ1n) is 6.36. The van der Waals surface area contributed by atoms with Crippen molar-refractivity contribution >= 4 is 8.32 Å². The fourth-order valence-electron chi connectivity index (χ4n) is 1.77. The molecule has 0 spiro atoms. The monoisotopic (exact) mass is 252 g/mol. The summed E-state index contributed by atoms with van der Waals surface area (Å²) in [7, 11) is -1.65. The second-order valence-corrected chi connectivity index (χ2v) is 9.74. The maximum Gasteiger partial charge on any atom is 0.230 e. The van der Waals surface area contributed by atoms with E-state index in [9.17, 15) is 0 Å². The van der Waals surface area contributed by atoms with E-state index in [1.807, 2.05) is 18.2 Å². The van der Waals surface area contributed by atoms with E-state index in [2.05, 4.69) is 45.6 Å². The highest BCUT2D eigenvalue weighted by Crippen LogP contribution is 2.34. The molecule has 0 atom stereocenters. The van der Waals surface area contributed by atoms with Gasteiger partial charge in [-0.2, -0.15) is 0 Å². The van der Waals surface area contributed by atoms with Crippen LogP contribution in [-0.4, -0.2) is 8.32 Å². The Kier molecular flexibility index (Phi) is 4.92. The summed E-state index contributed by atoms with van der Waals surface area (Å²) in [6, 6.07) is 10.3. The zero-order valence-corrected chi connectivity index (χ0v) is 12.6. The minimum absolute atomic E-state index is 0.304. The molecule has 0 saturated heterocycles. The van der Waals surface area contributed by atoms with E-state index in [1.165, 1.54) is 5.56 Å². The second-order valence-electron chi connectivity index (χ2n) is 5.35. The normalized spacial score (nSPS) is 12.8. The first-order chi connectivity index (χ1) is 7.93. The molecule has 0 amide bonds. The highest BCUT2D eigenvalue weighted by molar-refractivity contribution is 6.69. The van der Waals surface area contributed by atoms with E-state index in [0.29, 0.717) is 0 Å². The Morgan fingerprint density at radius 1 is 1.00 bits per heavy atom. The van der Waals surface area contributed by atoms with E-state index in [-0.39, 0.29) is 5.60 Å². The smallest absolute Gasteiger partial charge is 0.230 e. The molecule has 0 fully saturated rings.